The van der Waals surface area contributed by atoms with Crippen LogP contribution in [0.25, 0.3) is 11.8 Å². The highest BCUT2D eigenvalue weighted by Gasteiger charge is 2.35. The third kappa shape index (κ3) is 6.15. The molecule has 0 aliphatic carbocycles. The van der Waals surface area contributed by atoms with E-state index in [0.29, 0.717) is 20.6 Å². The number of non-ortho nitro benzene ring substituents is 1. The van der Waals surface area contributed by atoms with Gasteiger partial charge >= 0.3 is 5.97 Å². The van der Waals surface area contributed by atoms with Gasteiger partial charge in [0.15, 0.2) is 4.80 Å². The van der Waals surface area contributed by atoms with E-state index in [1.165, 1.54) is 28.4 Å². The fraction of sp³-hybridized carbons (Fsp3) is 0.265. The van der Waals surface area contributed by atoms with Crippen LogP contribution >= 0.6 is 23.1 Å². The van der Waals surface area contributed by atoms with Crippen LogP contribution in [0.4, 0.5) is 11.4 Å². The Balaban J connectivity index is 1.60. The molecule has 1 saturated heterocycles. The lowest BCUT2D eigenvalue weighted by atomic mass is 9.93. The van der Waals surface area contributed by atoms with Crippen molar-refractivity contribution in [2.75, 3.05) is 51.0 Å². The van der Waals surface area contributed by atoms with Crippen LogP contribution in [0.1, 0.15) is 29.7 Å². The van der Waals surface area contributed by atoms with Gasteiger partial charge in [0.05, 0.1) is 66.6 Å². The molecule has 0 saturated carbocycles. The van der Waals surface area contributed by atoms with Gasteiger partial charge in [0.2, 0.25) is 0 Å². The van der Waals surface area contributed by atoms with Crippen LogP contribution in [0.5, 0.6) is 0 Å². The van der Waals surface area contributed by atoms with Crippen molar-refractivity contribution in [1.29, 1.82) is 0 Å². The van der Waals surface area contributed by atoms with E-state index >= 15 is 0 Å². The molecule has 0 spiro atoms. The monoisotopic (exact) mass is 656 g/mol. The third-order valence-corrected chi connectivity index (χ3v) is 10.00. The smallest absolute Gasteiger partial charge is 0.338 e. The molecule has 1 N–H and O–H groups in total. The number of fused-ring (bicyclic) bond motifs is 1. The number of quaternary nitrogens is 1. The van der Waals surface area contributed by atoms with Gasteiger partial charge in [-0.1, -0.05) is 53.8 Å². The molecule has 2 aliphatic rings. The van der Waals surface area contributed by atoms with Gasteiger partial charge in [-0.25, -0.2) is 9.79 Å². The van der Waals surface area contributed by atoms with Crippen LogP contribution in [-0.4, -0.2) is 61.5 Å². The first-order valence-corrected chi connectivity index (χ1v) is 17.1. The first-order valence-electron chi connectivity index (χ1n) is 15.1. The van der Waals surface area contributed by atoms with E-state index in [1.54, 1.807) is 35.4 Å². The quantitative estimate of drug-likeness (QED) is 0.134. The number of nitrogens with zero attached hydrogens (tertiary/aromatic N) is 4. The summed E-state index contributed by atoms with van der Waals surface area (Å²) >= 11 is 2.80. The molecule has 46 heavy (non-hydrogen) atoms. The number of esters is 1. The highest BCUT2D eigenvalue weighted by atomic mass is 32.2. The van der Waals surface area contributed by atoms with Gasteiger partial charge in [-0.2, -0.15) is 0 Å². The van der Waals surface area contributed by atoms with E-state index in [2.05, 4.69) is 11.9 Å². The van der Waals surface area contributed by atoms with E-state index in [4.69, 9.17) is 9.73 Å². The van der Waals surface area contributed by atoms with Crippen LogP contribution < -0.4 is 24.7 Å². The topological polar surface area (TPSA) is 111 Å². The normalized spacial score (nSPS) is 17.1. The Hall–Kier alpha value is -4.52. The molecule has 12 heteroatoms. The van der Waals surface area contributed by atoms with Crippen LogP contribution in [0.15, 0.2) is 93.1 Å². The predicted molar refractivity (Wildman–Crippen MR) is 181 cm³/mol. The summed E-state index contributed by atoms with van der Waals surface area (Å²) in [6, 6.07) is 21.2. The molecule has 2 aliphatic heterocycles. The van der Waals surface area contributed by atoms with E-state index in [9.17, 15) is 19.7 Å². The molecule has 4 aromatic rings. The minimum absolute atomic E-state index is 0.0507. The van der Waals surface area contributed by atoms with Crippen molar-refractivity contribution in [2.24, 2.45) is 4.99 Å². The number of nitro benzene ring substituents is 1. The first-order chi connectivity index (χ1) is 22.3. The summed E-state index contributed by atoms with van der Waals surface area (Å²) in [7, 11) is 2.15. The van der Waals surface area contributed by atoms with Crippen LogP contribution in [-0.2, 0) is 9.53 Å². The van der Waals surface area contributed by atoms with E-state index in [0.717, 1.165) is 47.9 Å². The largest absolute Gasteiger partial charge is 0.463 e. The Morgan fingerprint density at radius 3 is 2.50 bits per heavy atom. The Morgan fingerprint density at radius 1 is 1.13 bits per heavy atom. The number of aromatic nitrogens is 1. The number of anilines is 1. The molecule has 0 radical (unpaired) electrons. The third-order valence-electron chi connectivity index (χ3n) is 8.27. The average Bonchev–Trinajstić information content (AvgIpc) is 3.38. The number of ether oxygens (including phenoxy) is 1. The number of rotatable bonds is 8. The van der Waals surface area contributed by atoms with Gasteiger partial charge < -0.3 is 14.5 Å². The highest BCUT2D eigenvalue weighted by Crippen LogP contribution is 2.36. The van der Waals surface area contributed by atoms with Crippen LogP contribution in [0, 0.1) is 10.1 Å². The Kier molecular flexibility index (Phi) is 9.20. The molecule has 3 aromatic carbocycles. The van der Waals surface area contributed by atoms with Crippen molar-refractivity contribution in [3.63, 3.8) is 0 Å². The Morgan fingerprint density at radius 2 is 1.85 bits per heavy atom. The number of piperazine rings is 1. The molecule has 236 valence electrons. The zero-order chi connectivity index (χ0) is 32.4. The number of thioether (sulfide) groups is 1. The zero-order valence-corrected chi connectivity index (χ0v) is 27.4. The van der Waals surface area contributed by atoms with Crippen molar-refractivity contribution in [3.8, 4) is 0 Å². The minimum atomic E-state index is -0.797. The zero-order valence-electron chi connectivity index (χ0n) is 25.8. The SMILES string of the molecule is CCOC(=O)C1=C(c2ccccc2)N=c2s/c(=C/c3cc([N+](=O)[O-])ccc3N3CC[NH+](C)CC3)c(=O)n2[C@H]1c1ccc(SC)cc1. The molecule has 0 amide bonds. The van der Waals surface area contributed by atoms with E-state index in [-0.39, 0.29) is 23.4 Å². The van der Waals surface area contributed by atoms with E-state index in [1.807, 2.05) is 60.9 Å². The Labute approximate surface area is 274 Å². The minimum Gasteiger partial charge on any atom is -0.463 e. The molecular formula is C34H34N5O5S2+. The summed E-state index contributed by atoms with van der Waals surface area (Å²) < 4.78 is 7.48. The second-order valence-electron chi connectivity index (χ2n) is 11.1. The lowest BCUT2D eigenvalue weighted by Gasteiger charge is -2.32. The first kappa shape index (κ1) is 31.5. The number of thiazole rings is 1. The molecule has 0 unspecified atom stereocenters. The second-order valence-corrected chi connectivity index (χ2v) is 13.0. The molecule has 1 aromatic heterocycles. The number of hydrogen-bond donors (Lipinski definition) is 1. The predicted octanol–water partition coefficient (Wildman–Crippen LogP) is 2.90. The molecule has 1 atom stereocenters. The number of carbonyl (C=O) groups excluding carboxylic acids is 1. The lowest BCUT2D eigenvalue weighted by molar-refractivity contribution is -0.880. The molecule has 1 fully saturated rings. The van der Waals surface area contributed by atoms with Crippen molar-refractivity contribution in [2.45, 2.75) is 17.9 Å². The summed E-state index contributed by atoms with van der Waals surface area (Å²) in [5.41, 5.74) is 3.24. The molecule has 0 bridgehead atoms. The number of likely N-dealkylation sites (N-methyl/N-ethyl adjacent to an activating group) is 1. The van der Waals surface area contributed by atoms with Gasteiger partial charge in [0, 0.05) is 33.8 Å². The van der Waals surface area contributed by atoms with Crippen molar-refractivity contribution >= 4 is 52.2 Å². The fourth-order valence-electron chi connectivity index (χ4n) is 5.87. The fourth-order valence-corrected chi connectivity index (χ4v) is 7.27. The van der Waals surface area contributed by atoms with E-state index < -0.39 is 16.9 Å². The summed E-state index contributed by atoms with van der Waals surface area (Å²) in [5, 5.41) is 11.8. The van der Waals surface area contributed by atoms with Crippen molar-refractivity contribution in [3.05, 3.63) is 125 Å². The van der Waals surface area contributed by atoms with Gasteiger partial charge in [-0.3, -0.25) is 19.5 Å². The lowest BCUT2D eigenvalue weighted by Crippen LogP contribution is -3.12. The summed E-state index contributed by atoms with van der Waals surface area (Å²) in [6.07, 6.45) is 3.71. The molecule has 3 heterocycles. The number of hydrogen-bond acceptors (Lipinski definition) is 9. The number of benzene rings is 3. The van der Waals surface area contributed by atoms with Crippen LogP contribution in [0.2, 0.25) is 0 Å². The van der Waals surface area contributed by atoms with Crippen molar-refractivity contribution in [1.82, 2.24) is 4.57 Å². The number of nitro groups is 1. The summed E-state index contributed by atoms with van der Waals surface area (Å²) in [6.45, 7) is 5.37. The van der Waals surface area contributed by atoms with Crippen LogP contribution in [0.3, 0.4) is 0 Å². The number of carbonyl (C=O) groups is 1. The summed E-state index contributed by atoms with van der Waals surface area (Å²) in [4.78, 5) is 49.5. The highest BCUT2D eigenvalue weighted by molar-refractivity contribution is 7.98. The maximum atomic E-state index is 14.4. The maximum absolute atomic E-state index is 14.4. The van der Waals surface area contributed by atoms with Crippen molar-refractivity contribution < 1.29 is 19.4 Å². The van der Waals surface area contributed by atoms with Gasteiger partial charge in [-0.15, -0.1) is 11.8 Å². The maximum Gasteiger partial charge on any atom is 0.338 e. The van der Waals surface area contributed by atoms with Gasteiger partial charge in [-0.05, 0) is 43.0 Å². The molecule has 6 rings (SSSR count). The standard InChI is InChI=1S/C34H33N5O5S2/c1-4-44-33(41)29-30(22-8-6-5-7-9-22)35-34-38(31(29)23-10-13-26(45-3)14-11-23)32(40)28(46-34)21-24-20-25(39(42)43)12-15-27(24)37-18-16-36(2)17-19-37/h5-15,20-21,31H,4,16-19H2,1-3H3/p+1/b28-21+/t31-/m0/s1. The van der Waals surface area contributed by atoms with Gasteiger partial charge in [0.1, 0.15) is 0 Å². The van der Waals surface area contributed by atoms with Gasteiger partial charge in [0.25, 0.3) is 11.2 Å². The molecular weight excluding hydrogens is 623 g/mol. The second kappa shape index (κ2) is 13.5. The summed E-state index contributed by atoms with van der Waals surface area (Å²) in [5.74, 6) is -0.545. The Bertz CT molecular complexity index is 2000. The molecule has 10 nitrogen and oxygen atoms in total. The average molecular weight is 657 g/mol. The number of nitrogens with one attached hydrogen (secondary N) is 1.